The molecular weight excluding hydrogens is 260 g/mol. The summed E-state index contributed by atoms with van der Waals surface area (Å²) in [6.45, 7) is 2.04. The highest BCUT2D eigenvalue weighted by Gasteiger charge is 2.25. The van der Waals surface area contributed by atoms with Crippen LogP contribution in [-0.4, -0.2) is 14.8 Å². The molecule has 1 atom stereocenters. The van der Waals surface area contributed by atoms with Gasteiger partial charge < -0.3 is 5.73 Å². The molecule has 0 saturated heterocycles. The van der Waals surface area contributed by atoms with E-state index in [0.29, 0.717) is 0 Å². The van der Waals surface area contributed by atoms with Gasteiger partial charge in [-0.1, -0.05) is 18.2 Å². The molecule has 2 heterocycles. The molecule has 4 nitrogen and oxygen atoms in total. The summed E-state index contributed by atoms with van der Waals surface area (Å²) in [7, 11) is 0. The standard InChI is InChI=1S/C17H18N4/c1-11-17-13(18)6-4-8-15(17)21(20-11)16-10-9-12-5-2-3-7-14(12)19-16/h2-3,5,7,9-10,13H,4,6,8,18H2,1H3. The van der Waals surface area contributed by atoms with Crippen molar-refractivity contribution in [3.05, 3.63) is 53.3 Å². The number of rotatable bonds is 1. The molecule has 4 heteroatoms. The van der Waals surface area contributed by atoms with E-state index in [2.05, 4.69) is 12.1 Å². The lowest BCUT2D eigenvalue weighted by Crippen LogP contribution is -2.18. The maximum atomic E-state index is 6.26. The topological polar surface area (TPSA) is 56.7 Å². The third-order valence-electron chi connectivity index (χ3n) is 4.31. The van der Waals surface area contributed by atoms with Gasteiger partial charge in [0.05, 0.1) is 16.9 Å². The molecule has 21 heavy (non-hydrogen) atoms. The van der Waals surface area contributed by atoms with E-state index >= 15 is 0 Å². The number of para-hydroxylation sites is 1. The second kappa shape index (κ2) is 4.67. The lowest BCUT2D eigenvalue weighted by molar-refractivity contribution is 0.556. The lowest BCUT2D eigenvalue weighted by Gasteiger charge is -2.20. The first kappa shape index (κ1) is 12.5. The minimum atomic E-state index is 0.114. The highest BCUT2D eigenvalue weighted by Crippen LogP contribution is 2.31. The minimum absolute atomic E-state index is 0.114. The Balaban J connectivity index is 1.91. The van der Waals surface area contributed by atoms with Gasteiger partial charge >= 0.3 is 0 Å². The predicted molar refractivity (Wildman–Crippen MR) is 83.5 cm³/mol. The molecule has 0 spiro atoms. The van der Waals surface area contributed by atoms with Crippen LogP contribution in [0.5, 0.6) is 0 Å². The van der Waals surface area contributed by atoms with Crippen molar-refractivity contribution in [1.29, 1.82) is 0 Å². The molecule has 0 bridgehead atoms. The SMILES string of the molecule is Cc1nn(-c2ccc3ccccc3n2)c2c1C(N)CCC2. The van der Waals surface area contributed by atoms with Crippen molar-refractivity contribution in [2.24, 2.45) is 5.73 Å². The molecule has 3 aromatic rings. The molecule has 2 aromatic heterocycles. The first-order valence-corrected chi connectivity index (χ1v) is 7.44. The highest BCUT2D eigenvalue weighted by molar-refractivity contribution is 5.79. The van der Waals surface area contributed by atoms with Gasteiger partial charge in [-0.05, 0) is 44.4 Å². The molecule has 0 saturated carbocycles. The van der Waals surface area contributed by atoms with Gasteiger partial charge in [-0.2, -0.15) is 5.10 Å². The Bertz CT molecular complexity index is 819. The van der Waals surface area contributed by atoms with Gasteiger partial charge in [-0.15, -0.1) is 0 Å². The largest absolute Gasteiger partial charge is 0.324 e. The third-order valence-corrected chi connectivity index (χ3v) is 4.31. The zero-order valence-electron chi connectivity index (χ0n) is 12.1. The van der Waals surface area contributed by atoms with Crippen LogP contribution in [0.25, 0.3) is 16.7 Å². The molecule has 1 unspecified atom stereocenters. The van der Waals surface area contributed by atoms with Crippen molar-refractivity contribution in [2.75, 3.05) is 0 Å². The van der Waals surface area contributed by atoms with E-state index in [0.717, 1.165) is 41.7 Å². The fourth-order valence-corrected chi connectivity index (χ4v) is 3.31. The Morgan fingerprint density at radius 2 is 2.05 bits per heavy atom. The van der Waals surface area contributed by atoms with Crippen molar-refractivity contribution in [1.82, 2.24) is 14.8 Å². The summed E-state index contributed by atoms with van der Waals surface area (Å²) in [4.78, 5) is 4.75. The maximum Gasteiger partial charge on any atom is 0.154 e. The summed E-state index contributed by atoms with van der Waals surface area (Å²) < 4.78 is 1.98. The number of hydrogen-bond donors (Lipinski definition) is 1. The van der Waals surface area contributed by atoms with E-state index in [1.807, 2.05) is 35.9 Å². The fraction of sp³-hybridized carbons (Fsp3) is 0.294. The molecule has 2 N–H and O–H groups in total. The summed E-state index contributed by atoms with van der Waals surface area (Å²) >= 11 is 0. The van der Waals surface area contributed by atoms with Gasteiger partial charge in [0.25, 0.3) is 0 Å². The van der Waals surface area contributed by atoms with E-state index in [4.69, 9.17) is 15.8 Å². The summed E-state index contributed by atoms with van der Waals surface area (Å²) in [5, 5.41) is 5.84. The third kappa shape index (κ3) is 1.94. The van der Waals surface area contributed by atoms with Crippen LogP contribution in [0.1, 0.15) is 35.8 Å². The second-order valence-corrected chi connectivity index (χ2v) is 5.72. The first-order chi connectivity index (χ1) is 10.2. The normalized spacial score (nSPS) is 17.9. The Morgan fingerprint density at radius 1 is 1.19 bits per heavy atom. The van der Waals surface area contributed by atoms with Crippen LogP contribution in [0.3, 0.4) is 0 Å². The first-order valence-electron chi connectivity index (χ1n) is 7.44. The number of aryl methyl sites for hydroxylation is 1. The number of pyridine rings is 1. The second-order valence-electron chi connectivity index (χ2n) is 5.72. The summed E-state index contributed by atoms with van der Waals surface area (Å²) in [5.41, 5.74) is 10.7. The lowest BCUT2D eigenvalue weighted by atomic mass is 9.92. The Labute approximate surface area is 123 Å². The zero-order chi connectivity index (χ0) is 14.4. The zero-order valence-corrected chi connectivity index (χ0v) is 12.1. The molecule has 0 radical (unpaired) electrons. The van der Waals surface area contributed by atoms with Gasteiger partial charge in [0.15, 0.2) is 5.82 Å². The summed E-state index contributed by atoms with van der Waals surface area (Å²) in [6, 6.07) is 12.4. The number of nitrogens with two attached hydrogens (primary N) is 1. The van der Waals surface area contributed by atoms with Crippen LogP contribution in [0.15, 0.2) is 36.4 Å². The number of hydrogen-bond acceptors (Lipinski definition) is 3. The number of benzene rings is 1. The smallest absolute Gasteiger partial charge is 0.154 e. The molecule has 106 valence electrons. The van der Waals surface area contributed by atoms with Crippen LogP contribution in [0, 0.1) is 6.92 Å². The van der Waals surface area contributed by atoms with Crippen LogP contribution < -0.4 is 5.73 Å². The molecular formula is C17H18N4. The Morgan fingerprint density at radius 3 is 2.95 bits per heavy atom. The van der Waals surface area contributed by atoms with E-state index in [1.165, 1.54) is 11.3 Å². The summed E-state index contributed by atoms with van der Waals surface area (Å²) in [6.07, 6.45) is 3.19. The molecule has 0 aliphatic heterocycles. The average molecular weight is 278 g/mol. The maximum absolute atomic E-state index is 6.26. The van der Waals surface area contributed by atoms with Crippen molar-refractivity contribution >= 4 is 10.9 Å². The molecule has 1 aromatic carbocycles. The quantitative estimate of drug-likeness (QED) is 0.744. The van der Waals surface area contributed by atoms with Crippen molar-refractivity contribution in [3.8, 4) is 5.82 Å². The van der Waals surface area contributed by atoms with E-state index in [1.54, 1.807) is 0 Å². The minimum Gasteiger partial charge on any atom is -0.324 e. The van der Waals surface area contributed by atoms with Crippen molar-refractivity contribution in [3.63, 3.8) is 0 Å². The van der Waals surface area contributed by atoms with Crippen LogP contribution >= 0.6 is 0 Å². The Kier molecular flexibility index (Phi) is 2.79. The molecule has 4 rings (SSSR count). The molecule has 0 amide bonds. The van der Waals surface area contributed by atoms with Gasteiger partial charge in [0.1, 0.15) is 0 Å². The number of nitrogens with zero attached hydrogens (tertiary/aromatic N) is 3. The summed E-state index contributed by atoms with van der Waals surface area (Å²) in [5.74, 6) is 0.882. The van der Waals surface area contributed by atoms with Crippen molar-refractivity contribution < 1.29 is 0 Å². The van der Waals surface area contributed by atoms with Crippen molar-refractivity contribution in [2.45, 2.75) is 32.2 Å². The monoisotopic (exact) mass is 278 g/mol. The van der Waals surface area contributed by atoms with E-state index < -0.39 is 0 Å². The van der Waals surface area contributed by atoms with Gasteiger partial charge in [0.2, 0.25) is 0 Å². The molecule has 0 fully saturated rings. The van der Waals surface area contributed by atoms with Crippen LogP contribution in [0.4, 0.5) is 0 Å². The molecule has 1 aliphatic carbocycles. The van der Waals surface area contributed by atoms with Gasteiger partial charge in [-0.3, -0.25) is 0 Å². The van der Waals surface area contributed by atoms with Gasteiger partial charge in [0, 0.05) is 17.0 Å². The van der Waals surface area contributed by atoms with Gasteiger partial charge in [-0.25, -0.2) is 9.67 Å². The predicted octanol–water partition coefficient (Wildman–Crippen LogP) is 3.07. The van der Waals surface area contributed by atoms with Crippen LogP contribution in [-0.2, 0) is 6.42 Å². The fourth-order valence-electron chi connectivity index (χ4n) is 3.31. The van der Waals surface area contributed by atoms with E-state index in [9.17, 15) is 0 Å². The van der Waals surface area contributed by atoms with E-state index in [-0.39, 0.29) is 6.04 Å². The number of fused-ring (bicyclic) bond motifs is 2. The molecule has 1 aliphatic rings. The highest BCUT2D eigenvalue weighted by atomic mass is 15.3. The number of aromatic nitrogens is 3. The average Bonchev–Trinajstić information content (AvgIpc) is 2.85. The Hall–Kier alpha value is -2.20. The van der Waals surface area contributed by atoms with Crippen LogP contribution in [0.2, 0.25) is 0 Å².